The highest BCUT2D eigenvalue weighted by atomic mass is 32.2. The number of unbranched alkanes of at least 4 members (excludes halogenated alkanes) is 3. The van der Waals surface area contributed by atoms with E-state index in [-0.39, 0.29) is 17.9 Å². The molecular formula is C34H46N4O5S. The van der Waals surface area contributed by atoms with Crippen molar-refractivity contribution < 1.29 is 22.7 Å². The number of rotatable bonds is 14. The zero-order valence-corrected chi connectivity index (χ0v) is 26.6. The number of carbonyl (C=O) groups excluding carboxylic acids is 2. The Hall–Kier alpha value is -3.05. The molecule has 238 valence electrons. The smallest absolute Gasteiger partial charge is 0.254 e. The first-order chi connectivity index (χ1) is 21.0. The molecule has 44 heavy (non-hydrogen) atoms. The quantitative estimate of drug-likeness (QED) is 0.214. The second kappa shape index (κ2) is 13.1. The van der Waals surface area contributed by atoms with E-state index in [1.807, 2.05) is 35.3 Å². The van der Waals surface area contributed by atoms with Crippen LogP contribution in [0, 0.1) is 5.92 Å². The molecule has 0 spiro atoms. The summed E-state index contributed by atoms with van der Waals surface area (Å²) in [4.78, 5) is 27.6. The summed E-state index contributed by atoms with van der Waals surface area (Å²) in [7, 11) is -1.87. The second-order valence-corrected chi connectivity index (χ2v) is 14.8. The molecule has 1 saturated heterocycles. The number of nitrogens with one attached hydrogen (secondary N) is 1. The summed E-state index contributed by atoms with van der Waals surface area (Å²) in [5.41, 5.74) is 14.2. The van der Waals surface area contributed by atoms with Crippen molar-refractivity contribution in [1.82, 2.24) is 9.62 Å². The van der Waals surface area contributed by atoms with Gasteiger partial charge in [0.2, 0.25) is 15.9 Å². The predicted molar refractivity (Wildman–Crippen MR) is 172 cm³/mol. The van der Waals surface area contributed by atoms with Crippen molar-refractivity contribution in [3.63, 3.8) is 0 Å². The number of amides is 2. The lowest BCUT2D eigenvalue weighted by Gasteiger charge is -2.29. The third-order valence-corrected chi connectivity index (χ3v) is 11.3. The molecule has 5 atom stereocenters. The Morgan fingerprint density at radius 2 is 1.73 bits per heavy atom. The molecule has 10 heteroatoms. The lowest BCUT2D eigenvalue weighted by Crippen LogP contribution is -2.47. The Bertz CT molecular complexity index is 1460. The van der Waals surface area contributed by atoms with E-state index in [1.165, 1.54) is 0 Å². The number of hydrogen-bond acceptors (Lipinski definition) is 7. The fourth-order valence-corrected chi connectivity index (χ4v) is 7.71. The largest absolute Gasteiger partial charge is 0.372 e. The molecule has 0 bridgehead atoms. The number of nitrogens with two attached hydrogens (primary N) is 2. The van der Waals surface area contributed by atoms with Gasteiger partial charge in [0.15, 0.2) is 0 Å². The van der Waals surface area contributed by atoms with Crippen molar-refractivity contribution in [2.24, 2.45) is 17.4 Å². The Labute approximate surface area is 261 Å². The maximum absolute atomic E-state index is 13.4. The van der Waals surface area contributed by atoms with Gasteiger partial charge in [0.05, 0.1) is 17.8 Å². The Kier molecular flexibility index (Phi) is 9.65. The van der Waals surface area contributed by atoms with Gasteiger partial charge in [-0.2, -0.15) is 0 Å². The summed E-state index contributed by atoms with van der Waals surface area (Å²) >= 11 is 0. The van der Waals surface area contributed by atoms with Crippen LogP contribution in [0.1, 0.15) is 70.3 Å². The third-order valence-electron chi connectivity index (χ3n) is 9.53. The molecule has 3 aliphatic rings. The van der Waals surface area contributed by atoms with Gasteiger partial charge >= 0.3 is 0 Å². The van der Waals surface area contributed by atoms with Gasteiger partial charge < -0.3 is 21.1 Å². The lowest BCUT2D eigenvalue weighted by atomic mass is 9.90. The molecule has 5 rings (SSSR count). The molecule has 0 radical (unpaired) electrons. The van der Waals surface area contributed by atoms with Crippen LogP contribution in [-0.4, -0.2) is 61.7 Å². The van der Waals surface area contributed by atoms with E-state index in [0.29, 0.717) is 38.6 Å². The van der Waals surface area contributed by atoms with E-state index < -0.39 is 38.4 Å². The van der Waals surface area contributed by atoms with Crippen molar-refractivity contribution in [3.8, 4) is 11.1 Å². The predicted octanol–water partition coefficient (Wildman–Crippen LogP) is 3.98. The van der Waals surface area contributed by atoms with Gasteiger partial charge in [0.1, 0.15) is 11.1 Å². The molecule has 2 aliphatic carbocycles. The normalized spacial score (nSPS) is 27.4. The summed E-state index contributed by atoms with van der Waals surface area (Å²) in [5, 5.41) is -0.452. The van der Waals surface area contributed by atoms with Gasteiger partial charge in [-0.05, 0) is 62.1 Å². The summed E-state index contributed by atoms with van der Waals surface area (Å²) < 4.78 is 32.3. The zero-order chi connectivity index (χ0) is 31.5. The van der Waals surface area contributed by atoms with Gasteiger partial charge in [0, 0.05) is 25.5 Å². The minimum atomic E-state index is -3.59. The number of ether oxygens (including phenoxy) is 1. The van der Waals surface area contributed by atoms with E-state index >= 15 is 0 Å². The maximum Gasteiger partial charge on any atom is 0.254 e. The fraction of sp³-hybridized carbons (Fsp3) is 0.529. The second-order valence-electron chi connectivity index (χ2n) is 12.9. The first kappa shape index (κ1) is 32.3. The van der Waals surface area contributed by atoms with Gasteiger partial charge in [-0.15, -0.1) is 0 Å². The standard InChI is InChI=1S/C34H46N4O5S/c1-24-21-33(43-2,27-17-15-26(16-18-27)25-11-7-6-8-12-25)23-38(24)31(39)30(35)14-10-5-3-4-9-13-28-22-34(28,36)32(40)37-44(41,42)29-19-20-29/h6-9,11-13,15-18,24,28-30H,3-5,10,14,19-23,35-36H2,1-2H3,(H,37,40)/b13-9-/t24-,28-,30+,33+,34-/m1/s1. The summed E-state index contributed by atoms with van der Waals surface area (Å²) in [6, 6.07) is 18.1. The van der Waals surface area contributed by atoms with E-state index in [4.69, 9.17) is 16.2 Å². The highest BCUT2D eigenvalue weighted by molar-refractivity contribution is 7.91. The lowest BCUT2D eigenvalue weighted by molar-refractivity contribution is -0.134. The molecular weight excluding hydrogens is 576 g/mol. The first-order valence-electron chi connectivity index (χ1n) is 15.8. The van der Waals surface area contributed by atoms with Gasteiger partial charge in [-0.1, -0.05) is 79.6 Å². The van der Waals surface area contributed by atoms with E-state index in [9.17, 15) is 18.0 Å². The molecule has 1 aliphatic heterocycles. The van der Waals surface area contributed by atoms with E-state index in [0.717, 1.165) is 42.4 Å². The highest BCUT2D eigenvalue weighted by Gasteiger charge is 2.57. The van der Waals surface area contributed by atoms with Crippen molar-refractivity contribution in [3.05, 3.63) is 72.3 Å². The summed E-state index contributed by atoms with van der Waals surface area (Å²) in [5.74, 6) is -0.785. The molecule has 2 saturated carbocycles. The van der Waals surface area contributed by atoms with Crippen LogP contribution in [0.25, 0.3) is 11.1 Å². The molecule has 9 nitrogen and oxygen atoms in total. The average Bonchev–Trinajstić information content (AvgIpc) is 3.95. The summed E-state index contributed by atoms with van der Waals surface area (Å²) in [6.45, 7) is 2.53. The Morgan fingerprint density at radius 1 is 1.05 bits per heavy atom. The van der Waals surface area contributed by atoms with Gasteiger partial charge in [-0.25, -0.2) is 8.42 Å². The van der Waals surface area contributed by atoms with Gasteiger partial charge in [-0.3, -0.25) is 14.3 Å². The van der Waals surface area contributed by atoms with Crippen molar-refractivity contribution in [2.75, 3.05) is 13.7 Å². The third kappa shape index (κ3) is 7.09. The molecule has 0 aromatic heterocycles. The maximum atomic E-state index is 13.4. The summed E-state index contributed by atoms with van der Waals surface area (Å²) in [6.07, 6.45) is 10.4. The van der Waals surface area contributed by atoms with Crippen LogP contribution >= 0.6 is 0 Å². The van der Waals surface area contributed by atoms with E-state index in [1.54, 1.807) is 7.11 Å². The monoisotopic (exact) mass is 622 g/mol. The zero-order valence-electron chi connectivity index (χ0n) is 25.8. The fourth-order valence-electron chi connectivity index (χ4n) is 6.34. The number of nitrogens with zero attached hydrogens (tertiary/aromatic N) is 1. The molecule has 0 unspecified atom stereocenters. The van der Waals surface area contributed by atoms with Crippen LogP contribution < -0.4 is 16.2 Å². The van der Waals surface area contributed by atoms with Crippen LogP contribution in [-0.2, 0) is 30.0 Å². The molecule has 2 aromatic rings. The number of allylic oxidation sites excluding steroid dienone is 1. The van der Waals surface area contributed by atoms with Crippen molar-refractivity contribution in [2.45, 2.75) is 93.2 Å². The van der Waals surface area contributed by atoms with Crippen LogP contribution in [0.4, 0.5) is 0 Å². The number of carbonyl (C=O) groups is 2. The minimum absolute atomic E-state index is 0.0143. The minimum Gasteiger partial charge on any atom is -0.372 e. The van der Waals surface area contributed by atoms with Crippen molar-refractivity contribution in [1.29, 1.82) is 0 Å². The molecule has 2 amide bonds. The first-order valence-corrected chi connectivity index (χ1v) is 17.3. The number of methoxy groups -OCH3 is 1. The van der Waals surface area contributed by atoms with Crippen LogP contribution in [0.2, 0.25) is 0 Å². The highest BCUT2D eigenvalue weighted by Crippen LogP contribution is 2.43. The number of likely N-dealkylation sites (tertiary alicyclic amines) is 1. The molecule has 5 N–H and O–H groups in total. The number of sulfonamides is 1. The molecule has 3 fully saturated rings. The Morgan fingerprint density at radius 3 is 2.39 bits per heavy atom. The topological polar surface area (TPSA) is 145 Å². The molecule has 2 aromatic carbocycles. The Balaban J connectivity index is 1.03. The van der Waals surface area contributed by atoms with Gasteiger partial charge in [0.25, 0.3) is 5.91 Å². The number of benzene rings is 2. The van der Waals surface area contributed by atoms with Crippen LogP contribution in [0.5, 0.6) is 0 Å². The number of hydrogen-bond donors (Lipinski definition) is 3. The van der Waals surface area contributed by atoms with Crippen LogP contribution in [0.15, 0.2) is 66.7 Å². The van der Waals surface area contributed by atoms with E-state index in [2.05, 4.69) is 48.0 Å². The SMILES string of the molecule is CO[C@@]1(c2ccc(-c3ccccc3)cc2)C[C@@H](C)N(C(=O)[C@@H](N)CCCCC/C=C\[C@@H]2C[C@]2(N)C(=O)NS(=O)(=O)C2CC2)C1. The average molecular weight is 623 g/mol. The van der Waals surface area contributed by atoms with Crippen LogP contribution in [0.3, 0.4) is 0 Å². The molecule has 1 heterocycles. The van der Waals surface area contributed by atoms with Crippen molar-refractivity contribution >= 4 is 21.8 Å².